The van der Waals surface area contributed by atoms with E-state index in [0.717, 1.165) is 11.4 Å². The van der Waals surface area contributed by atoms with E-state index in [4.69, 9.17) is 12.0 Å². The number of allylic oxidation sites excluding steroid dienone is 4. The molecule has 3 aliphatic carbocycles. The third-order valence-corrected chi connectivity index (χ3v) is 60.4. The first-order valence-electron chi connectivity index (χ1n) is 48.9. The molecule has 615 valence electrons. The van der Waals surface area contributed by atoms with Gasteiger partial charge >= 0.3 is 545 Å². The van der Waals surface area contributed by atoms with Crippen molar-refractivity contribution in [2.75, 3.05) is 0 Å². The fourth-order valence-electron chi connectivity index (χ4n) is 21.0. The van der Waals surface area contributed by atoms with Crippen LogP contribution in [0.5, 0.6) is 0 Å². The molecule has 3 aliphatic rings. The van der Waals surface area contributed by atoms with Crippen LogP contribution in [0.3, 0.4) is 0 Å². The molecule has 4 nitrogen and oxygen atoms in total. The third kappa shape index (κ3) is 29.5. The third-order valence-electron chi connectivity index (χ3n) is 27.7. The minimum Gasteiger partial charge on any atom is -0.0654 e. The minimum atomic E-state index is -3.27. The summed E-state index contributed by atoms with van der Waals surface area (Å²) in [6.07, 6.45) is 90.0. The summed E-state index contributed by atoms with van der Waals surface area (Å²) in [5.41, 5.74) is 17.1. The van der Waals surface area contributed by atoms with Crippen molar-refractivity contribution < 1.29 is 0 Å². The maximum absolute atomic E-state index is 11.1. The standard InChI is InChI=1S/C76H121N4Se2.6C4H9.2Sn/c1-5-9-13-17-21-25-29-33-37-41-45-49-57-75(58-50-46-42-38-34-30-26-22-18-14-10-6-2)65-53-55-69(77)73(78-81)71(65)63-61-68-64(62-67(63)75)72-66(54-56-70-74(72)80-82-79-70)76(68,59-51-47-43-39-35-31-27-23-19-15-11-7-3)60-52-48-44-40-36-32-28-24-20-16-12-8-4;6*1-3-4-2;;/h53-54,61-62,77H,5-52,57-60H2,1-4H3;6*1,3-4H2,2H3;;/b77-69?,78-73+;;;;;;;;. The van der Waals surface area contributed by atoms with Crippen LogP contribution in [0.4, 0.5) is 0 Å². The molecule has 1 heterocycles. The Morgan fingerprint density at radius 1 is 0.324 bits per heavy atom. The number of nitrogens with zero attached hydrogens (tertiary/aromatic N) is 3. The zero-order chi connectivity index (χ0) is 77.2. The summed E-state index contributed by atoms with van der Waals surface area (Å²) in [7, 11) is 0. The van der Waals surface area contributed by atoms with Gasteiger partial charge in [0.15, 0.2) is 0 Å². The van der Waals surface area contributed by atoms with E-state index < -0.39 is 36.8 Å². The first kappa shape index (κ1) is 96.3. The van der Waals surface area contributed by atoms with Crippen LogP contribution in [-0.2, 0) is 10.8 Å². The number of benzene rings is 2. The molecule has 8 heteroatoms. The molecule has 0 unspecified atom stereocenters. The molecular weight excluding hydrogens is 1650 g/mol. The Morgan fingerprint density at radius 3 is 0.926 bits per heavy atom. The molecule has 1 radical (unpaired) electrons. The first-order chi connectivity index (χ1) is 53.1. The fraction of sp³-hybridized carbons (Fsp3) is 0.820. The van der Waals surface area contributed by atoms with Crippen LogP contribution in [-0.4, -0.2) is 87.3 Å². The van der Waals surface area contributed by atoms with Gasteiger partial charge in [-0.05, 0) is 0 Å². The topological polar surface area (TPSA) is 62.0 Å². The van der Waals surface area contributed by atoms with Gasteiger partial charge in [-0.25, -0.2) is 0 Å². The smallest absolute Gasteiger partial charge is 0.0654 e. The number of nitrogens with one attached hydrogen (secondary N) is 1. The van der Waals surface area contributed by atoms with Gasteiger partial charge in [0.25, 0.3) is 0 Å². The Balaban J connectivity index is 1.62. The molecule has 2 aromatic carbocycles. The number of aromatic nitrogens is 2. The van der Waals surface area contributed by atoms with E-state index in [-0.39, 0.29) is 25.8 Å². The molecule has 0 saturated heterocycles. The Labute approximate surface area is 694 Å². The van der Waals surface area contributed by atoms with Gasteiger partial charge in [0.2, 0.25) is 0 Å². The summed E-state index contributed by atoms with van der Waals surface area (Å²) in [6.45, 7) is 24.2. The van der Waals surface area contributed by atoms with Crippen LogP contribution in [0.2, 0.25) is 26.6 Å². The molecule has 0 fully saturated rings. The van der Waals surface area contributed by atoms with Crippen LogP contribution in [0.25, 0.3) is 27.7 Å². The zero-order valence-corrected chi connectivity index (χ0v) is 82.6. The van der Waals surface area contributed by atoms with Crippen LogP contribution in [0.1, 0.15) is 502 Å². The van der Waals surface area contributed by atoms with Crippen molar-refractivity contribution in [3.63, 3.8) is 0 Å². The minimum absolute atomic E-state index is 0.0919. The van der Waals surface area contributed by atoms with E-state index in [9.17, 15) is 5.41 Å². The van der Waals surface area contributed by atoms with Gasteiger partial charge in [-0.3, -0.25) is 0 Å². The zero-order valence-electron chi connectivity index (χ0n) is 73.5. The Bertz CT molecular complexity index is 2870. The van der Waals surface area contributed by atoms with Crippen molar-refractivity contribution in [3.8, 4) is 11.1 Å². The van der Waals surface area contributed by atoms with Crippen molar-refractivity contribution in [2.45, 2.75) is 518 Å². The van der Waals surface area contributed by atoms with Gasteiger partial charge in [-0.1, -0.05) is 156 Å². The Morgan fingerprint density at radius 2 is 0.602 bits per heavy atom. The normalized spacial score (nSPS) is 15.0. The van der Waals surface area contributed by atoms with Crippen LogP contribution in [0, 0.1) is 5.41 Å². The molecule has 1 N–H and O–H groups in total. The summed E-state index contributed by atoms with van der Waals surface area (Å²) < 4.78 is 29.2. The second kappa shape index (κ2) is 57.6. The molecule has 0 amide bonds. The number of rotatable bonds is 72. The van der Waals surface area contributed by atoms with Crippen LogP contribution < -0.4 is 3.58 Å². The Hall–Kier alpha value is -0.504. The molecule has 1 aromatic heterocycles. The summed E-state index contributed by atoms with van der Waals surface area (Å²) in [6, 6.07) is 8.95. The van der Waals surface area contributed by atoms with Crippen molar-refractivity contribution in [2.24, 2.45) is 4.01 Å². The summed E-state index contributed by atoms with van der Waals surface area (Å²) in [4.78, 5) is 0. The van der Waals surface area contributed by atoms with E-state index in [1.54, 1.807) is 37.0 Å². The monoisotopic (exact) mass is 1830 g/mol. The number of hydrogen-bond acceptors (Lipinski definition) is 4. The second-order valence-corrected chi connectivity index (χ2v) is 64.1. The molecule has 0 aliphatic heterocycles. The summed E-state index contributed by atoms with van der Waals surface area (Å²) in [5, 5.41) is 11.1. The van der Waals surface area contributed by atoms with Crippen molar-refractivity contribution in [1.29, 1.82) is 5.41 Å². The number of fused-ring (bicyclic) bond motifs is 7. The predicted molar refractivity (Wildman–Crippen MR) is 493 cm³/mol. The van der Waals surface area contributed by atoms with Gasteiger partial charge in [0, 0.05) is 0 Å². The van der Waals surface area contributed by atoms with Gasteiger partial charge in [0.1, 0.15) is 0 Å². The SMILES string of the molecule is CCCCCCCCCCCCCCC1(CCCCCCCCCCCCCC)C2=C(/C(=N/[Se])C(=N)[C]([Sn]([CH2]CCC)([CH2]CCC)[CH2]CCC)=C2)c2cc3c(cc21)-c1c(c[c]([Sn]([CH2]CCC)([CH2]CCC)[CH2]CCC)c2n[se]nc12)C3(CCCCCCCCCCCCCC)CCCCCCCCCCCCCC. The van der Waals surface area contributed by atoms with Gasteiger partial charge in [-0.15, -0.1) is 0 Å². The molecule has 0 bridgehead atoms. The Kier molecular flexibility index (Phi) is 51.3. The van der Waals surface area contributed by atoms with E-state index in [1.807, 2.05) is 3.58 Å². The van der Waals surface area contributed by atoms with E-state index in [1.165, 1.54) is 460 Å². The van der Waals surface area contributed by atoms with Gasteiger partial charge < -0.3 is 0 Å². The quantitative estimate of drug-likeness (QED) is 0.0348. The summed E-state index contributed by atoms with van der Waals surface area (Å²) >= 11 is -3.14. The molecule has 0 saturated carbocycles. The number of unbranched alkanes of at least 4 members (excludes halogenated alkanes) is 50. The average Bonchev–Trinajstić information content (AvgIpc) is 1.51. The average molecular weight is 1830 g/mol. The molecule has 3 aromatic rings. The van der Waals surface area contributed by atoms with Crippen LogP contribution >= 0.6 is 0 Å². The first-order valence-corrected chi connectivity index (χ1v) is 66.1. The fourth-order valence-corrected chi connectivity index (χ4v) is 55.9. The second-order valence-electron chi connectivity index (χ2n) is 36.3. The van der Waals surface area contributed by atoms with Gasteiger partial charge in [0.05, 0.1) is 0 Å². The number of hydrogen-bond donors (Lipinski definition) is 1. The molecule has 0 spiro atoms. The molecular formula is C100H175N4Se2Sn2. The molecule has 108 heavy (non-hydrogen) atoms. The van der Waals surface area contributed by atoms with Crippen LogP contribution in [0.15, 0.2) is 37.4 Å². The predicted octanol–water partition coefficient (Wildman–Crippen LogP) is 33.3. The van der Waals surface area contributed by atoms with Crippen molar-refractivity contribution in [1.82, 2.24) is 7.96 Å². The van der Waals surface area contributed by atoms with Gasteiger partial charge in [-0.2, -0.15) is 0 Å². The van der Waals surface area contributed by atoms with E-state index in [0.29, 0.717) is 0 Å². The summed E-state index contributed by atoms with van der Waals surface area (Å²) in [5.74, 6) is 0. The molecule has 0 atom stereocenters. The van der Waals surface area contributed by atoms with Crippen molar-refractivity contribution in [3.05, 3.63) is 55.7 Å². The molecule has 6 rings (SSSR count). The van der Waals surface area contributed by atoms with Crippen molar-refractivity contribution >= 4 is 99.6 Å². The van der Waals surface area contributed by atoms with E-state index in [2.05, 4.69) is 110 Å². The maximum atomic E-state index is 11.1. The van der Waals surface area contributed by atoms with E-state index >= 15 is 0 Å².